The first-order valence-corrected chi connectivity index (χ1v) is 12.7. The highest BCUT2D eigenvalue weighted by molar-refractivity contribution is 5.74. The van der Waals surface area contributed by atoms with E-state index in [4.69, 9.17) is 14.6 Å². The molecule has 1 aliphatic heterocycles. The molecular weight excluding hydrogens is 412 g/mol. The van der Waals surface area contributed by atoms with E-state index in [1.54, 1.807) is 0 Å². The van der Waals surface area contributed by atoms with Gasteiger partial charge in [-0.2, -0.15) is 0 Å². The minimum absolute atomic E-state index is 0.236. The Hall–Kier alpha value is -2.08. The Bertz CT molecular complexity index is 834. The van der Waals surface area contributed by atoms with Crippen molar-refractivity contribution in [2.45, 2.75) is 52.4 Å². The van der Waals surface area contributed by atoms with Gasteiger partial charge in [-0.05, 0) is 107 Å². The molecule has 0 unspecified atom stereocenters. The molecule has 0 aromatic heterocycles. The second-order valence-corrected chi connectivity index (χ2v) is 8.99. The molecule has 0 bridgehead atoms. The summed E-state index contributed by atoms with van der Waals surface area (Å²) in [4.78, 5) is 2.57. The van der Waals surface area contributed by atoms with Crippen molar-refractivity contribution in [2.24, 2.45) is 0 Å². The molecule has 2 N–H and O–H groups in total. The lowest BCUT2D eigenvalue weighted by atomic mass is 9.95. The first-order chi connectivity index (χ1) is 16.2. The third-order valence-electron chi connectivity index (χ3n) is 6.45. The van der Waals surface area contributed by atoms with E-state index in [-0.39, 0.29) is 6.61 Å². The summed E-state index contributed by atoms with van der Waals surface area (Å²) in [5.41, 5.74) is 4.75. The molecule has 0 aliphatic carbocycles. The summed E-state index contributed by atoms with van der Waals surface area (Å²) in [6.07, 6.45) is 6.86. The van der Waals surface area contributed by atoms with Gasteiger partial charge in [-0.25, -0.2) is 0 Å². The van der Waals surface area contributed by atoms with Crippen LogP contribution in [0.15, 0.2) is 36.4 Å². The fraction of sp³-hybridized carbons (Fsp3) is 0.571. The molecule has 0 saturated carbocycles. The maximum atomic E-state index is 8.83. The minimum atomic E-state index is 0.236. The predicted molar refractivity (Wildman–Crippen MR) is 136 cm³/mol. The van der Waals surface area contributed by atoms with Crippen molar-refractivity contribution >= 4 is 0 Å². The molecule has 0 atom stereocenters. The highest BCUT2D eigenvalue weighted by atomic mass is 16.5. The molecule has 5 nitrogen and oxygen atoms in total. The average molecular weight is 455 g/mol. The number of benzene rings is 2. The number of aliphatic hydroxyl groups is 1. The van der Waals surface area contributed by atoms with Crippen LogP contribution >= 0.6 is 0 Å². The van der Waals surface area contributed by atoms with Crippen molar-refractivity contribution in [3.8, 4) is 22.6 Å². The van der Waals surface area contributed by atoms with Crippen LogP contribution in [0.2, 0.25) is 0 Å². The number of rotatable bonds is 14. The van der Waals surface area contributed by atoms with Crippen LogP contribution in [0, 0.1) is 13.8 Å². The third-order valence-corrected chi connectivity index (χ3v) is 6.45. The lowest BCUT2D eigenvalue weighted by Crippen LogP contribution is -2.31. The predicted octanol–water partition coefficient (Wildman–Crippen LogP) is 4.97. The summed E-state index contributed by atoms with van der Waals surface area (Å²) >= 11 is 0. The van der Waals surface area contributed by atoms with Crippen molar-refractivity contribution in [3.05, 3.63) is 47.5 Å². The second kappa shape index (κ2) is 14.2. The van der Waals surface area contributed by atoms with E-state index in [1.807, 2.05) is 6.07 Å². The number of nitrogens with zero attached hydrogens (tertiary/aromatic N) is 1. The number of hydrogen-bond acceptors (Lipinski definition) is 5. The van der Waals surface area contributed by atoms with Crippen molar-refractivity contribution in [1.82, 2.24) is 10.2 Å². The van der Waals surface area contributed by atoms with Crippen molar-refractivity contribution in [2.75, 3.05) is 52.5 Å². The molecule has 2 aromatic carbocycles. The quantitative estimate of drug-likeness (QED) is 0.395. The van der Waals surface area contributed by atoms with E-state index >= 15 is 0 Å². The lowest BCUT2D eigenvalue weighted by Gasteiger charge is -2.26. The summed E-state index contributed by atoms with van der Waals surface area (Å²) < 4.78 is 12.3. The minimum Gasteiger partial charge on any atom is -0.493 e. The molecule has 5 heteroatoms. The first kappa shape index (κ1) is 25.5. The number of nitrogens with one attached hydrogen (secondary N) is 1. The Morgan fingerprint density at radius 3 is 1.97 bits per heavy atom. The van der Waals surface area contributed by atoms with Crippen LogP contribution in [-0.2, 0) is 0 Å². The zero-order chi connectivity index (χ0) is 23.3. The third kappa shape index (κ3) is 8.02. The molecule has 182 valence electrons. The van der Waals surface area contributed by atoms with Crippen LogP contribution in [0.5, 0.6) is 11.5 Å². The Kier molecular flexibility index (Phi) is 11.0. The van der Waals surface area contributed by atoms with Gasteiger partial charge in [-0.3, -0.25) is 0 Å². The first-order valence-electron chi connectivity index (χ1n) is 12.7. The van der Waals surface area contributed by atoms with Crippen LogP contribution in [0.25, 0.3) is 11.1 Å². The topological polar surface area (TPSA) is 54.0 Å². The maximum Gasteiger partial charge on any atom is 0.122 e. The fourth-order valence-corrected chi connectivity index (χ4v) is 4.49. The van der Waals surface area contributed by atoms with Gasteiger partial charge in [0, 0.05) is 13.2 Å². The van der Waals surface area contributed by atoms with Gasteiger partial charge in [-0.1, -0.05) is 30.7 Å². The number of aliphatic hydroxyl groups excluding tert-OH is 1. The zero-order valence-corrected chi connectivity index (χ0v) is 20.6. The van der Waals surface area contributed by atoms with Crippen molar-refractivity contribution < 1.29 is 14.6 Å². The molecule has 0 radical (unpaired) electrons. The van der Waals surface area contributed by atoms with Gasteiger partial charge in [0.25, 0.3) is 0 Å². The number of piperidine rings is 1. The molecule has 1 aliphatic rings. The normalized spacial score (nSPS) is 14.4. The smallest absolute Gasteiger partial charge is 0.122 e. The highest BCUT2D eigenvalue weighted by Crippen LogP contribution is 2.35. The fourth-order valence-electron chi connectivity index (χ4n) is 4.49. The summed E-state index contributed by atoms with van der Waals surface area (Å²) in [7, 11) is 0. The molecule has 0 spiro atoms. The Labute approximate surface area is 200 Å². The Morgan fingerprint density at radius 1 is 0.788 bits per heavy atom. The van der Waals surface area contributed by atoms with Crippen LogP contribution in [-0.4, -0.2) is 62.6 Å². The molecule has 3 rings (SSSR count). The zero-order valence-electron chi connectivity index (χ0n) is 20.6. The number of likely N-dealkylation sites (tertiary alicyclic amines) is 1. The molecule has 2 aromatic rings. The van der Waals surface area contributed by atoms with Crippen LogP contribution < -0.4 is 14.8 Å². The summed E-state index contributed by atoms with van der Waals surface area (Å²) in [6.45, 7) is 11.3. The van der Waals surface area contributed by atoms with Crippen LogP contribution in [0.4, 0.5) is 0 Å². The number of hydrogen-bond donors (Lipinski definition) is 2. The SMILES string of the molecule is Cc1c(OCCCNCCCO)cccc1-c1cccc(OCCCN2CCCCC2)c1C. The van der Waals surface area contributed by atoms with Crippen LogP contribution in [0.1, 0.15) is 49.7 Å². The van der Waals surface area contributed by atoms with E-state index in [0.717, 1.165) is 62.6 Å². The van der Waals surface area contributed by atoms with E-state index < -0.39 is 0 Å². The second-order valence-electron chi connectivity index (χ2n) is 8.99. The van der Waals surface area contributed by atoms with Gasteiger partial charge < -0.3 is 24.8 Å². The summed E-state index contributed by atoms with van der Waals surface area (Å²) in [6, 6.07) is 12.6. The average Bonchev–Trinajstić information content (AvgIpc) is 2.84. The van der Waals surface area contributed by atoms with Gasteiger partial charge in [0.15, 0.2) is 0 Å². The lowest BCUT2D eigenvalue weighted by molar-refractivity contribution is 0.204. The standard InChI is InChI=1S/C28H42N2O3/c1-23-25(11-6-13-27(23)32-21-9-16-29-15-8-20-31)26-12-7-14-28(24(26)2)33-22-10-19-30-17-4-3-5-18-30/h6-7,11-14,29,31H,3-5,8-10,15-22H2,1-2H3. The van der Waals surface area contributed by atoms with Crippen LogP contribution in [0.3, 0.4) is 0 Å². The highest BCUT2D eigenvalue weighted by Gasteiger charge is 2.13. The van der Waals surface area contributed by atoms with Crippen molar-refractivity contribution in [3.63, 3.8) is 0 Å². The largest absolute Gasteiger partial charge is 0.493 e. The van der Waals surface area contributed by atoms with E-state index in [2.05, 4.69) is 54.4 Å². The summed E-state index contributed by atoms with van der Waals surface area (Å²) in [5, 5.41) is 12.2. The van der Waals surface area contributed by atoms with E-state index in [1.165, 1.54) is 49.0 Å². The van der Waals surface area contributed by atoms with Crippen molar-refractivity contribution in [1.29, 1.82) is 0 Å². The van der Waals surface area contributed by atoms with Gasteiger partial charge in [0.2, 0.25) is 0 Å². The Balaban J connectivity index is 1.54. The number of ether oxygens (including phenoxy) is 2. The molecule has 1 heterocycles. The molecule has 1 fully saturated rings. The molecule has 1 saturated heterocycles. The van der Waals surface area contributed by atoms with Gasteiger partial charge in [-0.15, -0.1) is 0 Å². The monoisotopic (exact) mass is 454 g/mol. The maximum absolute atomic E-state index is 8.83. The van der Waals surface area contributed by atoms with E-state index in [9.17, 15) is 0 Å². The van der Waals surface area contributed by atoms with Gasteiger partial charge in [0.1, 0.15) is 11.5 Å². The summed E-state index contributed by atoms with van der Waals surface area (Å²) in [5.74, 6) is 1.92. The molecular formula is C28H42N2O3. The van der Waals surface area contributed by atoms with E-state index in [0.29, 0.717) is 6.61 Å². The molecule has 33 heavy (non-hydrogen) atoms. The van der Waals surface area contributed by atoms with Gasteiger partial charge >= 0.3 is 0 Å². The Morgan fingerprint density at radius 2 is 1.36 bits per heavy atom. The molecule has 0 amide bonds. The van der Waals surface area contributed by atoms with Gasteiger partial charge in [0.05, 0.1) is 13.2 Å².